The topological polar surface area (TPSA) is 32.3 Å². The Labute approximate surface area is 88.1 Å². The van der Waals surface area contributed by atoms with E-state index in [1.165, 1.54) is 18.0 Å². The number of likely N-dealkylation sites (N-methyl/N-ethyl adjacent to an activating group) is 1. The van der Waals surface area contributed by atoms with Gasteiger partial charge < -0.3 is 10.2 Å². The molecule has 1 aliphatic heterocycles. The van der Waals surface area contributed by atoms with Crippen molar-refractivity contribution in [3.8, 4) is 0 Å². The van der Waals surface area contributed by atoms with Gasteiger partial charge >= 0.3 is 0 Å². The highest BCUT2D eigenvalue weighted by atomic mass is 19.3. The molecule has 1 aliphatic rings. The summed E-state index contributed by atoms with van der Waals surface area (Å²) < 4.78 is 26.8. The minimum atomic E-state index is -2.94. The highest BCUT2D eigenvalue weighted by Crippen LogP contribution is 2.30. The third kappa shape index (κ3) is 2.75. The van der Waals surface area contributed by atoms with Crippen molar-refractivity contribution in [3.05, 3.63) is 12.7 Å². The molecule has 1 heterocycles. The minimum Gasteiger partial charge on any atom is -0.342 e. The lowest BCUT2D eigenvalue weighted by atomic mass is 9.92. The van der Waals surface area contributed by atoms with Gasteiger partial charge in [0.15, 0.2) is 0 Å². The zero-order chi connectivity index (χ0) is 11.5. The highest BCUT2D eigenvalue weighted by Gasteiger charge is 2.46. The van der Waals surface area contributed by atoms with Crippen molar-refractivity contribution in [2.24, 2.45) is 5.92 Å². The van der Waals surface area contributed by atoms with E-state index >= 15 is 0 Å². The summed E-state index contributed by atoms with van der Waals surface area (Å²) >= 11 is 0. The number of rotatable bonds is 3. The molecule has 1 fully saturated rings. The second kappa shape index (κ2) is 4.70. The highest BCUT2D eigenvalue weighted by molar-refractivity contribution is 5.80. The van der Waals surface area contributed by atoms with Gasteiger partial charge in [0.25, 0.3) is 5.92 Å². The van der Waals surface area contributed by atoms with Crippen molar-refractivity contribution in [3.63, 3.8) is 0 Å². The van der Waals surface area contributed by atoms with Gasteiger partial charge in [0.05, 0.1) is 6.54 Å². The normalized spacial score (nSPS) is 24.6. The Morgan fingerprint density at radius 2 is 2.40 bits per heavy atom. The van der Waals surface area contributed by atoms with E-state index in [0.717, 1.165) is 0 Å². The van der Waals surface area contributed by atoms with Crippen molar-refractivity contribution in [1.82, 2.24) is 10.2 Å². The van der Waals surface area contributed by atoms with Crippen LogP contribution in [0.15, 0.2) is 12.7 Å². The smallest absolute Gasteiger partial charge is 0.271 e. The lowest BCUT2D eigenvalue weighted by Gasteiger charge is -2.33. The SMILES string of the molecule is C=CCN(C)C(=O)C1CCNCC1(F)F. The van der Waals surface area contributed by atoms with Gasteiger partial charge in [-0.3, -0.25) is 4.79 Å². The predicted molar refractivity (Wildman–Crippen MR) is 53.8 cm³/mol. The van der Waals surface area contributed by atoms with E-state index < -0.39 is 24.3 Å². The third-order valence-electron chi connectivity index (χ3n) is 2.56. The molecule has 15 heavy (non-hydrogen) atoms. The van der Waals surface area contributed by atoms with E-state index in [0.29, 0.717) is 13.1 Å². The number of hydrogen-bond donors (Lipinski definition) is 1. The van der Waals surface area contributed by atoms with Crippen LogP contribution in [-0.2, 0) is 4.79 Å². The molecular weight excluding hydrogens is 202 g/mol. The summed E-state index contributed by atoms with van der Waals surface area (Å²) in [6.45, 7) is 3.83. The van der Waals surface area contributed by atoms with Crippen LogP contribution in [0.25, 0.3) is 0 Å². The maximum Gasteiger partial charge on any atom is 0.271 e. The lowest BCUT2D eigenvalue weighted by Crippen LogP contribution is -2.52. The van der Waals surface area contributed by atoms with Crippen LogP contribution in [0.2, 0.25) is 0 Å². The summed E-state index contributed by atoms with van der Waals surface area (Å²) in [7, 11) is 1.52. The fourth-order valence-electron chi connectivity index (χ4n) is 1.69. The Morgan fingerprint density at radius 3 is 2.93 bits per heavy atom. The maximum absolute atomic E-state index is 13.4. The summed E-state index contributed by atoms with van der Waals surface area (Å²) in [5.41, 5.74) is 0. The first-order valence-electron chi connectivity index (χ1n) is 4.93. The largest absolute Gasteiger partial charge is 0.342 e. The van der Waals surface area contributed by atoms with Gasteiger partial charge in [-0.2, -0.15) is 0 Å². The van der Waals surface area contributed by atoms with Crippen LogP contribution in [0, 0.1) is 5.92 Å². The maximum atomic E-state index is 13.4. The van der Waals surface area contributed by atoms with Crippen molar-refractivity contribution >= 4 is 5.91 Å². The van der Waals surface area contributed by atoms with E-state index in [1.54, 1.807) is 0 Å². The number of nitrogens with zero attached hydrogens (tertiary/aromatic N) is 1. The summed E-state index contributed by atoms with van der Waals surface area (Å²) in [6.07, 6.45) is 1.71. The van der Waals surface area contributed by atoms with Crippen LogP contribution in [0.4, 0.5) is 8.78 Å². The first kappa shape index (κ1) is 12.1. The Bertz CT molecular complexity index is 256. The zero-order valence-electron chi connectivity index (χ0n) is 8.80. The molecule has 0 saturated carbocycles. The fraction of sp³-hybridized carbons (Fsp3) is 0.700. The second-order valence-electron chi connectivity index (χ2n) is 3.79. The van der Waals surface area contributed by atoms with Crippen molar-refractivity contribution in [2.45, 2.75) is 12.3 Å². The number of carbonyl (C=O) groups is 1. The molecule has 0 aromatic rings. The molecule has 1 amide bonds. The van der Waals surface area contributed by atoms with Crippen molar-refractivity contribution in [1.29, 1.82) is 0 Å². The average Bonchev–Trinajstić information content (AvgIpc) is 2.16. The van der Waals surface area contributed by atoms with Crippen LogP contribution in [0.3, 0.4) is 0 Å². The molecule has 1 N–H and O–H groups in total. The number of nitrogens with one attached hydrogen (secondary N) is 1. The second-order valence-corrected chi connectivity index (χ2v) is 3.79. The summed E-state index contributed by atoms with van der Waals surface area (Å²) in [6, 6.07) is 0. The zero-order valence-corrected chi connectivity index (χ0v) is 8.80. The predicted octanol–water partition coefficient (Wildman–Crippen LogP) is 0.876. The average molecular weight is 218 g/mol. The number of halogens is 2. The molecule has 0 bridgehead atoms. The van der Waals surface area contributed by atoms with Crippen LogP contribution in [-0.4, -0.2) is 43.4 Å². The first-order valence-corrected chi connectivity index (χ1v) is 4.93. The standard InChI is InChI=1S/C10H16F2N2O/c1-3-6-14(2)9(15)8-4-5-13-7-10(8,11)12/h3,8,13H,1,4-7H2,2H3. The molecule has 1 unspecified atom stereocenters. The summed E-state index contributed by atoms with van der Waals surface area (Å²) in [5, 5.41) is 2.59. The Hall–Kier alpha value is -0.970. The molecular formula is C10H16F2N2O. The first-order chi connectivity index (χ1) is 6.99. The van der Waals surface area contributed by atoms with Crippen LogP contribution >= 0.6 is 0 Å². The minimum absolute atomic E-state index is 0.188. The van der Waals surface area contributed by atoms with Gasteiger partial charge in [0.2, 0.25) is 5.91 Å². The number of carbonyl (C=O) groups excluding carboxylic acids is 1. The molecule has 86 valence electrons. The molecule has 3 nitrogen and oxygen atoms in total. The van der Waals surface area contributed by atoms with Gasteiger partial charge in [-0.25, -0.2) is 8.78 Å². The van der Waals surface area contributed by atoms with Gasteiger partial charge in [-0.05, 0) is 13.0 Å². The molecule has 0 spiro atoms. The lowest BCUT2D eigenvalue weighted by molar-refractivity contribution is -0.151. The molecule has 1 saturated heterocycles. The molecule has 0 aromatic heterocycles. The summed E-state index contributed by atoms with van der Waals surface area (Å²) in [5.74, 6) is -4.63. The Kier molecular flexibility index (Phi) is 3.79. The van der Waals surface area contributed by atoms with Crippen molar-refractivity contribution in [2.75, 3.05) is 26.7 Å². The Balaban J connectivity index is 2.68. The van der Waals surface area contributed by atoms with Crippen LogP contribution < -0.4 is 5.32 Å². The summed E-state index contributed by atoms with van der Waals surface area (Å²) in [4.78, 5) is 13.0. The monoisotopic (exact) mass is 218 g/mol. The van der Waals surface area contributed by atoms with E-state index in [1.807, 2.05) is 0 Å². The molecule has 0 aromatic carbocycles. The van der Waals surface area contributed by atoms with Gasteiger partial charge in [0, 0.05) is 13.6 Å². The molecule has 5 heteroatoms. The quantitative estimate of drug-likeness (QED) is 0.713. The number of piperidine rings is 1. The number of amides is 1. The van der Waals surface area contributed by atoms with E-state index in [-0.39, 0.29) is 6.42 Å². The van der Waals surface area contributed by atoms with E-state index in [4.69, 9.17) is 0 Å². The fourth-order valence-corrected chi connectivity index (χ4v) is 1.69. The van der Waals surface area contributed by atoms with Gasteiger partial charge in [-0.15, -0.1) is 6.58 Å². The Morgan fingerprint density at radius 1 is 1.73 bits per heavy atom. The van der Waals surface area contributed by atoms with Gasteiger partial charge in [0.1, 0.15) is 5.92 Å². The van der Waals surface area contributed by atoms with Crippen LogP contribution in [0.1, 0.15) is 6.42 Å². The number of alkyl halides is 2. The molecule has 1 rings (SSSR count). The van der Waals surface area contributed by atoms with Crippen molar-refractivity contribution < 1.29 is 13.6 Å². The molecule has 0 radical (unpaired) electrons. The van der Waals surface area contributed by atoms with Gasteiger partial charge in [-0.1, -0.05) is 6.08 Å². The van der Waals surface area contributed by atoms with E-state index in [2.05, 4.69) is 11.9 Å². The molecule has 1 atom stereocenters. The molecule has 0 aliphatic carbocycles. The number of hydrogen-bond acceptors (Lipinski definition) is 2. The van der Waals surface area contributed by atoms with E-state index in [9.17, 15) is 13.6 Å². The van der Waals surface area contributed by atoms with Crippen LogP contribution in [0.5, 0.6) is 0 Å². The third-order valence-corrected chi connectivity index (χ3v) is 2.56.